The van der Waals surface area contributed by atoms with Crippen molar-refractivity contribution in [3.63, 3.8) is 0 Å². The van der Waals surface area contributed by atoms with Gasteiger partial charge in [0, 0.05) is 6.42 Å². The van der Waals surface area contributed by atoms with E-state index in [1.54, 1.807) is 6.08 Å². The lowest BCUT2D eigenvalue weighted by atomic mass is 9.99. The molecule has 62 heavy (non-hydrogen) atoms. The topological polar surface area (TPSA) is 149 Å². The summed E-state index contributed by atoms with van der Waals surface area (Å²) in [6.45, 7) is 3.60. The zero-order chi connectivity index (χ0) is 45.1. The number of rotatable bonds is 41. The van der Waals surface area contributed by atoms with Gasteiger partial charge in [-0.15, -0.1) is 0 Å². The number of carbonyl (C=O) groups excluding carboxylic acids is 1. The smallest absolute Gasteiger partial charge is 0.220 e. The lowest BCUT2D eigenvalue weighted by Gasteiger charge is -2.40. The predicted molar refractivity (Wildman–Crippen MR) is 258 cm³/mol. The Morgan fingerprint density at radius 2 is 1.02 bits per heavy atom. The quantitative estimate of drug-likeness (QED) is 0.0263. The number of hydrogen-bond donors (Lipinski definition) is 6. The van der Waals surface area contributed by atoms with Crippen molar-refractivity contribution >= 4 is 5.91 Å². The molecule has 7 unspecified atom stereocenters. The molecule has 1 fully saturated rings. The number of aliphatic hydroxyl groups excluding tert-OH is 5. The fourth-order valence-corrected chi connectivity index (χ4v) is 7.50. The molecule has 6 N–H and O–H groups in total. The van der Waals surface area contributed by atoms with Crippen LogP contribution in [0.2, 0.25) is 0 Å². The lowest BCUT2D eigenvalue weighted by Crippen LogP contribution is -2.60. The van der Waals surface area contributed by atoms with Crippen molar-refractivity contribution in [2.24, 2.45) is 0 Å². The van der Waals surface area contributed by atoms with E-state index in [9.17, 15) is 30.3 Å². The van der Waals surface area contributed by atoms with Gasteiger partial charge in [0.05, 0.1) is 25.4 Å². The summed E-state index contributed by atoms with van der Waals surface area (Å²) < 4.78 is 11.2. The molecular formula is C53H93NO8. The Labute approximate surface area is 378 Å². The molecule has 9 nitrogen and oxygen atoms in total. The van der Waals surface area contributed by atoms with Crippen LogP contribution in [0.1, 0.15) is 200 Å². The van der Waals surface area contributed by atoms with E-state index in [4.69, 9.17) is 9.47 Å². The first-order chi connectivity index (χ1) is 30.3. The van der Waals surface area contributed by atoms with Gasteiger partial charge in [-0.1, -0.05) is 189 Å². The van der Waals surface area contributed by atoms with Gasteiger partial charge in [0.15, 0.2) is 6.29 Å². The molecule has 0 radical (unpaired) electrons. The highest BCUT2D eigenvalue weighted by molar-refractivity contribution is 5.76. The van der Waals surface area contributed by atoms with Crippen LogP contribution in [0.15, 0.2) is 72.9 Å². The summed E-state index contributed by atoms with van der Waals surface area (Å²) in [6.07, 6.45) is 51.2. The van der Waals surface area contributed by atoms with Gasteiger partial charge in [0.25, 0.3) is 0 Å². The molecule has 7 atom stereocenters. The normalized spacial score (nSPS) is 20.9. The molecule has 0 saturated carbocycles. The van der Waals surface area contributed by atoms with Crippen molar-refractivity contribution in [3.8, 4) is 0 Å². The minimum Gasteiger partial charge on any atom is -0.394 e. The van der Waals surface area contributed by atoms with Crippen molar-refractivity contribution < 1.29 is 39.8 Å². The van der Waals surface area contributed by atoms with Crippen LogP contribution in [0.25, 0.3) is 0 Å². The minimum absolute atomic E-state index is 0.197. The van der Waals surface area contributed by atoms with Gasteiger partial charge in [-0.05, 0) is 77.0 Å². The van der Waals surface area contributed by atoms with Gasteiger partial charge in [0.2, 0.25) is 5.91 Å². The van der Waals surface area contributed by atoms with Gasteiger partial charge >= 0.3 is 0 Å². The van der Waals surface area contributed by atoms with Crippen LogP contribution in [0.4, 0.5) is 0 Å². The Morgan fingerprint density at radius 3 is 1.53 bits per heavy atom. The lowest BCUT2D eigenvalue weighted by molar-refractivity contribution is -0.302. The Kier molecular flexibility index (Phi) is 39.6. The van der Waals surface area contributed by atoms with Gasteiger partial charge in [-0.3, -0.25) is 4.79 Å². The molecular weight excluding hydrogens is 779 g/mol. The van der Waals surface area contributed by atoms with Crippen LogP contribution in [-0.2, 0) is 14.3 Å². The summed E-state index contributed by atoms with van der Waals surface area (Å²) in [6, 6.07) is -0.829. The van der Waals surface area contributed by atoms with Crippen molar-refractivity contribution in [1.82, 2.24) is 5.32 Å². The first-order valence-electron chi connectivity index (χ1n) is 25.2. The molecule has 1 aliphatic rings. The second-order valence-electron chi connectivity index (χ2n) is 17.2. The van der Waals surface area contributed by atoms with Crippen molar-refractivity contribution in [2.45, 2.75) is 243 Å². The summed E-state index contributed by atoms with van der Waals surface area (Å²) in [7, 11) is 0. The van der Waals surface area contributed by atoms with E-state index in [1.807, 2.05) is 6.08 Å². The van der Waals surface area contributed by atoms with Crippen LogP contribution >= 0.6 is 0 Å². The molecule has 0 aromatic rings. The number of carbonyl (C=O) groups is 1. The van der Waals surface area contributed by atoms with E-state index < -0.39 is 49.5 Å². The summed E-state index contributed by atoms with van der Waals surface area (Å²) in [5.41, 5.74) is 0. The Hall–Kier alpha value is -2.37. The van der Waals surface area contributed by atoms with Crippen molar-refractivity contribution in [2.75, 3.05) is 13.2 Å². The molecule has 358 valence electrons. The summed E-state index contributed by atoms with van der Waals surface area (Å²) in [4.78, 5) is 13.0. The summed E-state index contributed by atoms with van der Waals surface area (Å²) in [5.74, 6) is -0.197. The maximum absolute atomic E-state index is 13.0. The van der Waals surface area contributed by atoms with E-state index in [2.05, 4.69) is 79.9 Å². The SMILES string of the molecule is CC/C=C/CC/C=C/CC/C=C/C(O)C(COC1OC(CO)C(O)C(O)C1O)NC(=O)CCCCCCCCCCCCCCCC/C=C\C/C=C\C/C=C\CCCCCCC. The largest absolute Gasteiger partial charge is 0.394 e. The summed E-state index contributed by atoms with van der Waals surface area (Å²) >= 11 is 0. The van der Waals surface area contributed by atoms with Crippen LogP contribution in [0, 0.1) is 0 Å². The molecule has 0 aromatic heterocycles. The fourth-order valence-electron chi connectivity index (χ4n) is 7.50. The predicted octanol–water partition coefficient (Wildman–Crippen LogP) is 11.3. The first kappa shape index (κ1) is 57.6. The second-order valence-corrected chi connectivity index (χ2v) is 17.2. The Balaban J connectivity index is 2.18. The number of allylic oxidation sites excluding steroid dienone is 11. The molecule has 0 aliphatic carbocycles. The number of ether oxygens (including phenoxy) is 2. The Bertz CT molecular complexity index is 1200. The van der Waals surface area contributed by atoms with E-state index in [-0.39, 0.29) is 12.5 Å². The van der Waals surface area contributed by atoms with Gasteiger partial charge < -0.3 is 40.3 Å². The molecule has 0 spiro atoms. The van der Waals surface area contributed by atoms with Crippen LogP contribution in [-0.4, -0.2) is 87.5 Å². The van der Waals surface area contributed by atoms with Crippen molar-refractivity contribution in [1.29, 1.82) is 0 Å². The highest BCUT2D eigenvalue weighted by atomic mass is 16.7. The zero-order valence-corrected chi connectivity index (χ0v) is 39.4. The van der Waals surface area contributed by atoms with Gasteiger partial charge in [-0.25, -0.2) is 0 Å². The number of unbranched alkanes of at least 4 members (excludes halogenated alkanes) is 21. The van der Waals surface area contributed by atoms with Gasteiger partial charge in [-0.2, -0.15) is 0 Å². The number of nitrogens with one attached hydrogen (secondary N) is 1. The molecule has 1 rings (SSSR count). The second kappa shape index (κ2) is 42.6. The van der Waals surface area contributed by atoms with E-state index in [1.165, 1.54) is 116 Å². The minimum atomic E-state index is -1.58. The highest BCUT2D eigenvalue weighted by Crippen LogP contribution is 2.22. The highest BCUT2D eigenvalue weighted by Gasteiger charge is 2.44. The van der Waals surface area contributed by atoms with E-state index in [0.29, 0.717) is 6.42 Å². The molecule has 1 amide bonds. The number of aliphatic hydroxyl groups is 5. The summed E-state index contributed by atoms with van der Waals surface area (Å²) in [5, 5.41) is 54.1. The molecule has 1 aliphatic heterocycles. The molecule has 0 aromatic carbocycles. The third kappa shape index (κ3) is 32.3. The van der Waals surface area contributed by atoms with Gasteiger partial charge in [0.1, 0.15) is 24.4 Å². The molecule has 1 saturated heterocycles. The third-order valence-electron chi connectivity index (χ3n) is 11.5. The maximum atomic E-state index is 13.0. The average Bonchev–Trinajstić information content (AvgIpc) is 3.27. The first-order valence-corrected chi connectivity index (χ1v) is 25.2. The zero-order valence-electron chi connectivity index (χ0n) is 39.4. The van der Waals surface area contributed by atoms with Crippen LogP contribution in [0.3, 0.4) is 0 Å². The number of amides is 1. The van der Waals surface area contributed by atoms with E-state index in [0.717, 1.165) is 64.2 Å². The molecule has 0 bridgehead atoms. The Morgan fingerprint density at radius 1 is 0.565 bits per heavy atom. The third-order valence-corrected chi connectivity index (χ3v) is 11.5. The molecule has 9 heteroatoms. The molecule has 1 heterocycles. The van der Waals surface area contributed by atoms with Crippen molar-refractivity contribution in [3.05, 3.63) is 72.9 Å². The fraction of sp³-hybridized carbons (Fsp3) is 0.755. The number of hydrogen-bond acceptors (Lipinski definition) is 8. The van der Waals surface area contributed by atoms with E-state index >= 15 is 0 Å². The van der Waals surface area contributed by atoms with Crippen LogP contribution < -0.4 is 5.32 Å². The van der Waals surface area contributed by atoms with Crippen LogP contribution in [0.5, 0.6) is 0 Å². The average molecular weight is 872 g/mol. The maximum Gasteiger partial charge on any atom is 0.220 e. The standard InChI is InChI=1S/C53H93NO8/c1-3-5-7-9-11-13-15-16-17-18-19-20-21-22-23-24-25-26-27-28-29-30-31-32-33-35-37-39-41-43-49(57)54-46(45-61-53-52(60)51(59)50(58)48(44-55)62-53)47(56)42-40-38-36-34-14-12-10-8-6-4-2/h6,8,14-16,18-19,21-22,34,40,42,46-48,50-53,55-56,58-60H,3-5,7,9-13,17,20,23-33,35-39,41,43-45H2,1-2H3,(H,54,57)/b8-6+,16-15-,19-18-,22-21-,34-14+,42-40+. The monoisotopic (exact) mass is 872 g/mol.